The van der Waals surface area contributed by atoms with Gasteiger partial charge in [0.2, 0.25) is 5.91 Å². The number of anilines is 1. The van der Waals surface area contributed by atoms with Gasteiger partial charge in [-0.2, -0.15) is 0 Å². The van der Waals surface area contributed by atoms with E-state index in [4.69, 9.17) is 10.5 Å². The van der Waals surface area contributed by atoms with Crippen molar-refractivity contribution in [2.24, 2.45) is 5.73 Å². The van der Waals surface area contributed by atoms with Crippen molar-refractivity contribution in [3.05, 3.63) is 72.1 Å². The number of amides is 1. The Kier molecular flexibility index (Phi) is 6.74. The molecule has 5 nitrogen and oxygen atoms in total. The molecular formula is C23H27N3O2. The highest BCUT2D eigenvalue weighted by atomic mass is 16.5. The van der Waals surface area contributed by atoms with Crippen molar-refractivity contribution >= 4 is 22.4 Å². The third-order valence-corrected chi connectivity index (χ3v) is 4.68. The van der Waals surface area contributed by atoms with Crippen LogP contribution in [-0.2, 0) is 16.0 Å². The van der Waals surface area contributed by atoms with Crippen LogP contribution < -0.4 is 11.1 Å². The highest BCUT2D eigenvalue weighted by Crippen LogP contribution is 2.21. The van der Waals surface area contributed by atoms with E-state index in [0.717, 1.165) is 28.4 Å². The maximum absolute atomic E-state index is 12.8. The van der Waals surface area contributed by atoms with Crippen LogP contribution in [-0.4, -0.2) is 30.1 Å². The number of benzene rings is 2. The van der Waals surface area contributed by atoms with Gasteiger partial charge < -0.3 is 15.8 Å². The van der Waals surface area contributed by atoms with E-state index in [1.54, 1.807) is 12.4 Å². The van der Waals surface area contributed by atoms with E-state index in [9.17, 15) is 4.79 Å². The molecule has 0 radical (unpaired) electrons. The van der Waals surface area contributed by atoms with E-state index in [0.29, 0.717) is 6.61 Å². The van der Waals surface area contributed by atoms with Crippen molar-refractivity contribution in [2.45, 2.75) is 32.3 Å². The highest BCUT2D eigenvalue weighted by molar-refractivity contribution is 5.98. The molecule has 0 aliphatic heterocycles. The van der Waals surface area contributed by atoms with Crippen LogP contribution in [0.2, 0.25) is 0 Å². The van der Waals surface area contributed by atoms with Crippen molar-refractivity contribution in [3.63, 3.8) is 0 Å². The highest BCUT2D eigenvalue weighted by Gasteiger charge is 2.19. The molecule has 3 rings (SSSR count). The summed E-state index contributed by atoms with van der Waals surface area (Å²) in [5, 5.41) is 5.05. The Morgan fingerprint density at radius 3 is 2.61 bits per heavy atom. The Morgan fingerprint density at radius 2 is 1.89 bits per heavy atom. The predicted molar refractivity (Wildman–Crippen MR) is 113 cm³/mol. The molecule has 2 aromatic carbocycles. The molecule has 3 aromatic rings. The lowest BCUT2D eigenvalue weighted by molar-refractivity contribution is -0.117. The molecule has 146 valence electrons. The number of nitrogens with zero attached hydrogens (tertiary/aromatic N) is 1. The molecule has 0 fully saturated rings. The largest absolute Gasteiger partial charge is 0.378 e. The van der Waals surface area contributed by atoms with Gasteiger partial charge in [0.05, 0.1) is 18.6 Å². The first-order valence-corrected chi connectivity index (χ1v) is 9.62. The molecule has 0 saturated heterocycles. The topological polar surface area (TPSA) is 77.2 Å². The van der Waals surface area contributed by atoms with Gasteiger partial charge in [-0.3, -0.25) is 9.78 Å². The van der Waals surface area contributed by atoms with Crippen LogP contribution in [0.5, 0.6) is 0 Å². The number of nitrogens with one attached hydrogen (secondary N) is 1. The summed E-state index contributed by atoms with van der Waals surface area (Å²) >= 11 is 0. The molecule has 1 unspecified atom stereocenters. The second-order valence-electron chi connectivity index (χ2n) is 7.13. The maximum atomic E-state index is 12.8. The minimum absolute atomic E-state index is 0.105. The Morgan fingerprint density at radius 1 is 1.11 bits per heavy atom. The van der Waals surface area contributed by atoms with Crippen LogP contribution in [0.4, 0.5) is 5.69 Å². The van der Waals surface area contributed by atoms with Gasteiger partial charge in [-0.15, -0.1) is 0 Å². The smallest absolute Gasteiger partial charge is 0.233 e. The summed E-state index contributed by atoms with van der Waals surface area (Å²) in [7, 11) is 0. The summed E-state index contributed by atoms with van der Waals surface area (Å²) in [6.07, 6.45) is 4.63. The minimum atomic E-state index is -0.394. The Labute approximate surface area is 165 Å². The number of hydrogen-bond donors (Lipinski definition) is 2. The van der Waals surface area contributed by atoms with Gasteiger partial charge in [0.25, 0.3) is 0 Å². The van der Waals surface area contributed by atoms with Gasteiger partial charge in [-0.1, -0.05) is 30.3 Å². The van der Waals surface area contributed by atoms with Crippen LogP contribution >= 0.6 is 0 Å². The molecule has 3 N–H and O–H groups in total. The fourth-order valence-corrected chi connectivity index (χ4v) is 3.11. The quantitative estimate of drug-likeness (QED) is 0.624. The molecule has 1 aromatic heterocycles. The zero-order valence-corrected chi connectivity index (χ0v) is 16.4. The first kappa shape index (κ1) is 20.0. The van der Waals surface area contributed by atoms with Gasteiger partial charge in [0, 0.05) is 30.0 Å². The number of hydrogen-bond acceptors (Lipinski definition) is 4. The van der Waals surface area contributed by atoms with Crippen molar-refractivity contribution < 1.29 is 9.53 Å². The maximum Gasteiger partial charge on any atom is 0.233 e. The number of ether oxygens (including phenoxy) is 1. The predicted octanol–water partition coefficient (Wildman–Crippen LogP) is 3.88. The van der Waals surface area contributed by atoms with Gasteiger partial charge in [-0.05, 0) is 55.0 Å². The Bertz CT molecular complexity index is 923. The van der Waals surface area contributed by atoms with Crippen LogP contribution in [0.3, 0.4) is 0 Å². The molecule has 5 heteroatoms. The number of aromatic nitrogens is 1. The van der Waals surface area contributed by atoms with E-state index >= 15 is 0 Å². The van der Waals surface area contributed by atoms with Crippen LogP contribution in [0, 0.1) is 0 Å². The summed E-state index contributed by atoms with van der Waals surface area (Å²) in [6, 6.07) is 15.7. The summed E-state index contributed by atoms with van der Waals surface area (Å²) in [4.78, 5) is 16.9. The van der Waals surface area contributed by atoms with Crippen LogP contribution in [0.1, 0.15) is 30.9 Å². The SMILES string of the molecule is CC(C)OCCc1ccc(C(CN)C(=O)Nc2ccc3cnccc3c2)cc1. The van der Waals surface area contributed by atoms with Crippen molar-refractivity contribution in [3.8, 4) is 0 Å². The van der Waals surface area contributed by atoms with E-state index < -0.39 is 5.92 Å². The van der Waals surface area contributed by atoms with Crippen LogP contribution in [0.15, 0.2) is 60.9 Å². The molecule has 0 spiro atoms. The normalized spacial score (nSPS) is 12.3. The summed E-state index contributed by atoms with van der Waals surface area (Å²) in [6.45, 7) is 4.99. The zero-order valence-electron chi connectivity index (χ0n) is 16.4. The molecule has 1 amide bonds. The lowest BCUT2D eigenvalue weighted by Crippen LogP contribution is -2.27. The molecule has 0 bridgehead atoms. The first-order valence-electron chi connectivity index (χ1n) is 9.62. The molecule has 0 saturated carbocycles. The van der Waals surface area contributed by atoms with Crippen molar-refractivity contribution in [2.75, 3.05) is 18.5 Å². The summed E-state index contributed by atoms with van der Waals surface area (Å²) in [5.41, 5.74) is 8.77. The molecule has 1 heterocycles. The average Bonchev–Trinajstić information content (AvgIpc) is 2.69. The number of rotatable bonds is 8. The van der Waals surface area contributed by atoms with E-state index in [-0.39, 0.29) is 18.6 Å². The fourth-order valence-electron chi connectivity index (χ4n) is 3.11. The molecule has 1 atom stereocenters. The number of pyridine rings is 1. The van der Waals surface area contributed by atoms with E-state index in [1.807, 2.05) is 62.4 Å². The Hall–Kier alpha value is -2.76. The second kappa shape index (κ2) is 9.44. The van der Waals surface area contributed by atoms with Crippen molar-refractivity contribution in [1.82, 2.24) is 4.98 Å². The second-order valence-corrected chi connectivity index (χ2v) is 7.13. The van der Waals surface area contributed by atoms with Gasteiger partial charge in [0.15, 0.2) is 0 Å². The summed E-state index contributed by atoms with van der Waals surface area (Å²) < 4.78 is 5.59. The standard InChI is InChI=1S/C23H27N3O2/c1-16(2)28-12-10-17-3-5-18(6-4-17)22(14-24)23(27)26-21-8-7-20-15-25-11-9-19(20)13-21/h3-9,11,13,15-16,22H,10,12,14,24H2,1-2H3,(H,26,27). The third kappa shape index (κ3) is 5.15. The van der Waals surface area contributed by atoms with Gasteiger partial charge in [0.1, 0.15) is 0 Å². The number of carbonyl (C=O) groups excluding carboxylic acids is 1. The lowest BCUT2D eigenvalue weighted by Gasteiger charge is -2.16. The van der Waals surface area contributed by atoms with Gasteiger partial charge >= 0.3 is 0 Å². The van der Waals surface area contributed by atoms with E-state index in [2.05, 4.69) is 10.3 Å². The van der Waals surface area contributed by atoms with Crippen LogP contribution in [0.25, 0.3) is 10.8 Å². The number of carbonyl (C=O) groups is 1. The molecule has 0 aliphatic rings. The fraction of sp³-hybridized carbons (Fsp3) is 0.304. The molecule has 0 aliphatic carbocycles. The minimum Gasteiger partial charge on any atom is -0.378 e. The van der Waals surface area contributed by atoms with Gasteiger partial charge in [-0.25, -0.2) is 0 Å². The van der Waals surface area contributed by atoms with E-state index in [1.165, 1.54) is 5.56 Å². The zero-order chi connectivity index (χ0) is 19.9. The number of nitrogens with two attached hydrogens (primary N) is 1. The summed E-state index contributed by atoms with van der Waals surface area (Å²) in [5.74, 6) is -0.499. The monoisotopic (exact) mass is 377 g/mol. The molecular weight excluding hydrogens is 350 g/mol. The molecule has 28 heavy (non-hydrogen) atoms. The van der Waals surface area contributed by atoms with Crippen molar-refractivity contribution in [1.29, 1.82) is 0 Å². The third-order valence-electron chi connectivity index (χ3n) is 4.68. The lowest BCUT2D eigenvalue weighted by atomic mass is 9.96. The Balaban J connectivity index is 1.66. The first-order chi connectivity index (χ1) is 13.6. The number of fused-ring (bicyclic) bond motifs is 1. The average molecular weight is 377 g/mol.